The predicted molar refractivity (Wildman–Crippen MR) is 68.5 cm³/mol. The van der Waals surface area contributed by atoms with Crippen LogP contribution in [0.1, 0.15) is 56.9 Å². The monoisotopic (exact) mass is 254 g/mol. The van der Waals surface area contributed by atoms with Crippen LogP contribution in [0.2, 0.25) is 0 Å². The van der Waals surface area contributed by atoms with Crippen molar-refractivity contribution in [2.45, 2.75) is 46.1 Å². The standard InChI is InChI=1S/C14H22O4/c1-9(2)7-14(17,8-10(3)4)12-6-5-11(18-12)13(15)16/h5-6,9-10,17H,7-8H2,1-4H3,(H,15,16). The van der Waals surface area contributed by atoms with Crippen molar-refractivity contribution in [1.82, 2.24) is 0 Å². The Kier molecular flexibility index (Phi) is 4.57. The predicted octanol–water partition coefficient (Wildman–Crippen LogP) is 3.26. The Morgan fingerprint density at radius 1 is 1.22 bits per heavy atom. The van der Waals surface area contributed by atoms with Crippen molar-refractivity contribution in [3.8, 4) is 0 Å². The minimum Gasteiger partial charge on any atom is -0.475 e. The fraction of sp³-hybridized carbons (Fsp3) is 0.643. The lowest BCUT2D eigenvalue weighted by Crippen LogP contribution is -2.29. The SMILES string of the molecule is CC(C)CC(O)(CC(C)C)c1ccc(C(=O)O)o1. The lowest BCUT2D eigenvalue weighted by molar-refractivity contribution is -0.0242. The van der Waals surface area contributed by atoms with E-state index in [9.17, 15) is 9.90 Å². The Labute approximate surface area is 108 Å². The molecule has 4 heteroatoms. The number of aromatic carboxylic acids is 1. The van der Waals surface area contributed by atoms with Crippen LogP contribution >= 0.6 is 0 Å². The zero-order valence-corrected chi connectivity index (χ0v) is 11.4. The zero-order chi connectivity index (χ0) is 13.9. The summed E-state index contributed by atoms with van der Waals surface area (Å²) >= 11 is 0. The normalized spacial score (nSPS) is 12.4. The molecular weight excluding hydrogens is 232 g/mol. The number of hydrogen-bond donors (Lipinski definition) is 2. The van der Waals surface area contributed by atoms with E-state index in [0.29, 0.717) is 30.4 Å². The van der Waals surface area contributed by atoms with Gasteiger partial charge in [0, 0.05) is 0 Å². The van der Waals surface area contributed by atoms with E-state index in [1.165, 1.54) is 6.07 Å². The third-order valence-corrected chi connectivity index (χ3v) is 2.77. The van der Waals surface area contributed by atoms with Crippen LogP contribution in [0.15, 0.2) is 16.5 Å². The number of furan rings is 1. The Morgan fingerprint density at radius 2 is 1.72 bits per heavy atom. The molecule has 18 heavy (non-hydrogen) atoms. The fourth-order valence-corrected chi connectivity index (χ4v) is 2.34. The number of carboxylic acids is 1. The summed E-state index contributed by atoms with van der Waals surface area (Å²) in [7, 11) is 0. The summed E-state index contributed by atoms with van der Waals surface area (Å²) in [4.78, 5) is 10.8. The first-order chi connectivity index (χ1) is 8.24. The van der Waals surface area contributed by atoms with Crippen molar-refractivity contribution in [3.05, 3.63) is 23.7 Å². The Balaban J connectivity index is 3.04. The third kappa shape index (κ3) is 3.60. The Hall–Kier alpha value is -1.29. The number of hydrogen-bond acceptors (Lipinski definition) is 3. The minimum absolute atomic E-state index is 0.129. The van der Waals surface area contributed by atoms with Crippen molar-refractivity contribution in [3.63, 3.8) is 0 Å². The van der Waals surface area contributed by atoms with Crippen molar-refractivity contribution < 1.29 is 19.4 Å². The van der Waals surface area contributed by atoms with E-state index in [-0.39, 0.29) is 5.76 Å². The Bertz CT molecular complexity index is 394. The van der Waals surface area contributed by atoms with Gasteiger partial charge in [0.05, 0.1) is 0 Å². The average molecular weight is 254 g/mol. The molecule has 1 heterocycles. The van der Waals surface area contributed by atoms with Crippen LogP contribution in [0.4, 0.5) is 0 Å². The maximum atomic E-state index is 10.8. The van der Waals surface area contributed by atoms with E-state index in [4.69, 9.17) is 9.52 Å². The molecule has 0 spiro atoms. The molecule has 0 aromatic carbocycles. The lowest BCUT2D eigenvalue weighted by atomic mass is 9.83. The third-order valence-electron chi connectivity index (χ3n) is 2.77. The van der Waals surface area contributed by atoms with Crippen LogP contribution in [0, 0.1) is 11.8 Å². The summed E-state index contributed by atoms with van der Waals surface area (Å²) in [6, 6.07) is 2.96. The van der Waals surface area contributed by atoms with Crippen molar-refractivity contribution in [1.29, 1.82) is 0 Å². The van der Waals surface area contributed by atoms with Gasteiger partial charge in [-0.15, -0.1) is 0 Å². The Morgan fingerprint density at radius 3 is 2.06 bits per heavy atom. The topological polar surface area (TPSA) is 70.7 Å². The molecule has 0 bridgehead atoms. The first kappa shape index (κ1) is 14.8. The molecule has 1 aromatic rings. The molecule has 0 saturated heterocycles. The van der Waals surface area contributed by atoms with E-state index in [2.05, 4.69) is 0 Å². The van der Waals surface area contributed by atoms with Gasteiger partial charge in [-0.05, 0) is 36.8 Å². The fourth-order valence-electron chi connectivity index (χ4n) is 2.34. The zero-order valence-electron chi connectivity index (χ0n) is 11.4. The highest BCUT2D eigenvalue weighted by Crippen LogP contribution is 2.35. The number of carboxylic acid groups (broad SMARTS) is 1. The maximum absolute atomic E-state index is 10.8. The summed E-state index contributed by atoms with van der Waals surface area (Å²) in [5, 5.41) is 19.6. The molecule has 0 radical (unpaired) electrons. The summed E-state index contributed by atoms with van der Waals surface area (Å²) in [6.45, 7) is 8.08. The highest BCUT2D eigenvalue weighted by molar-refractivity contribution is 5.84. The molecule has 4 nitrogen and oxygen atoms in total. The van der Waals surface area contributed by atoms with Gasteiger partial charge in [0.15, 0.2) is 0 Å². The van der Waals surface area contributed by atoms with E-state index < -0.39 is 11.6 Å². The van der Waals surface area contributed by atoms with Gasteiger partial charge in [0.2, 0.25) is 5.76 Å². The minimum atomic E-state index is -1.11. The lowest BCUT2D eigenvalue weighted by Gasteiger charge is -2.29. The molecule has 0 amide bonds. The quantitative estimate of drug-likeness (QED) is 0.817. The van der Waals surface area contributed by atoms with E-state index in [1.54, 1.807) is 6.07 Å². The molecule has 2 N–H and O–H groups in total. The molecule has 0 aliphatic heterocycles. The van der Waals surface area contributed by atoms with Gasteiger partial charge in [0.1, 0.15) is 11.4 Å². The van der Waals surface area contributed by atoms with E-state index >= 15 is 0 Å². The van der Waals surface area contributed by atoms with Gasteiger partial charge in [0.25, 0.3) is 0 Å². The van der Waals surface area contributed by atoms with Gasteiger partial charge in [-0.3, -0.25) is 0 Å². The highest BCUT2D eigenvalue weighted by Gasteiger charge is 2.34. The average Bonchev–Trinajstić information content (AvgIpc) is 2.63. The molecular formula is C14H22O4. The second-order valence-corrected chi connectivity index (χ2v) is 5.70. The summed E-state index contributed by atoms with van der Waals surface area (Å²) < 4.78 is 5.26. The number of rotatable bonds is 6. The maximum Gasteiger partial charge on any atom is 0.371 e. The van der Waals surface area contributed by atoms with Crippen LogP contribution in [0.3, 0.4) is 0 Å². The van der Waals surface area contributed by atoms with Crippen LogP contribution in [-0.2, 0) is 5.60 Å². The van der Waals surface area contributed by atoms with Crippen molar-refractivity contribution in [2.75, 3.05) is 0 Å². The number of carbonyl (C=O) groups is 1. The smallest absolute Gasteiger partial charge is 0.371 e. The molecule has 0 atom stereocenters. The van der Waals surface area contributed by atoms with Crippen LogP contribution in [-0.4, -0.2) is 16.2 Å². The highest BCUT2D eigenvalue weighted by atomic mass is 16.4. The van der Waals surface area contributed by atoms with E-state index in [1.807, 2.05) is 27.7 Å². The molecule has 0 unspecified atom stereocenters. The van der Waals surface area contributed by atoms with Crippen molar-refractivity contribution >= 4 is 5.97 Å². The van der Waals surface area contributed by atoms with Gasteiger partial charge < -0.3 is 14.6 Å². The van der Waals surface area contributed by atoms with Crippen molar-refractivity contribution in [2.24, 2.45) is 11.8 Å². The van der Waals surface area contributed by atoms with Gasteiger partial charge in [-0.2, -0.15) is 0 Å². The molecule has 0 fully saturated rings. The molecule has 1 aromatic heterocycles. The molecule has 0 aliphatic rings. The van der Waals surface area contributed by atoms with E-state index in [0.717, 1.165) is 0 Å². The van der Waals surface area contributed by atoms with Gasteiger partial charge in [-0.25, -0.2) is 4.79 Å². The summed E-state index contributed by atoms with van der Waals surface area (Å²) in [5.74, 6) is -0.296. The molecule has 1 rings (SSSR count). The van der Waals surface area contributed by atoms with Gasteiger partial charge >= 0.3 is 5.97 Å². The number of aliphatic hydroxyl groups is 1. The summed E-state index contributed by atoms with van der Waals surface area (Å²) in [5.41, 5.74) is -1.09. The molecule has 102 valence electrons. The van der Waals surface area contributed by atoms with Crippen LogP contribution in [0.25, 0.3) is 0 Å². The van der Waals surface area contributed by atoms with Crippen LogP contribution < -0.4 is 0 Å². The molecule has 0 aliphatic carbocycles. The first-order valence-electron chi connectivity index (χ1n) is 6.30. The second-order valence-electron chi connectivity index (χ2n) is 5.70. The van der Waals surface area contributed by atoms with Crippen LogP contribution in [0.5, 0.6) is 0 Å². The summed E-state index contributed by atoms with van der Waals surface area (Å²) in [6.07, 6.45) is 1.11. The largest absolute Gasteiger partial charge is 0.475 e. The second kappa shape index (κ2) is 5.57. The van der Waals surface area contributed by atoms with Gasteiger partial charge in [-0.1, -0.05) is 27.7 Å². The first-order valence-corrected chi connectivity index (χ1v) is 6.30. The molecule has 0 saturated carbocycles.